The Balaban J connectivity index is 3.45. The Kier molecular flexibility index (Phi) is 2.99. The average Bonchev–Trinajstić information content (AvgIpc) is 2.15. The third kappa shape index (κ3) is 2.16. The molecular formula is C11H11F3. The molecule has 3 heteroatoms. The van der Waals surface area contributed by atoms with Crippen LogP contribution in [0.25, 0.3) is 12.2 Å². The summed E-state index contributed by atoms with van der Waals surface area (Å²) in [4.78, 5) is 0. The number of benzene rings is 1. The van der Waals surface area contributed by atoms with Crippen molar-refractivity contribution < 1.29 is 13.2 Å². The molecule has 1 rings (SSSR count). The molecule has 1 aromatic carbocycles. The molecule has 0 unspecified atom stereocenters. The van der Waals surface area contributed by atoms with E-state index >= 15 is 0 Å². The Morgan fingerprint density at radius 3 is 2.00 bits per heavy atom. The first-order valence-electron chi connectivity index (χ1n) is 4.29. The molecule has 0 nitrogen and oxygen atoms in total. The maximum atomic E-state index is 12.3. The van der Waals surface area contributed by atoms with E-state index in [0.717, 1.165) is 17.4 Å². The van der Waals surface area contributed by atoms with Gasteiger partial charge in [0.15, 0.2) is 0 Å². The van der Waals surface area contributed by atoms with E-state index in [1.807, 2.05) is 0 Å². The quantitative estimate of drug-likeness (QED) is 0.602. The largest absolute Gasteiger partial charge is 0.416 e. The topological polar surface area (TPSA) is 0 Å². The first kappa shape index (κ1) is 10.8. The number of alkyl halides is 3. The van der Waals surface area contributed by atoms with Crippen molar-refractivity contribution in [3.8, 4) is 0 Å². The molecule has 14 heavy (non-hydrogen) atoms. The molecule has 0 amide bonds. The number of hydrogen-bond acceptors (Lipinski definition) is 0. The Bertz CT molecular complexity index is 427. The standard InChI is InChI=1S/C11H11F3/c1-3-8-5-6-10(11(12,13)14)7-9(8)4-2/h3-7H,1-2H3/b8-3-,9-4-. The summed E-state index contributed by atoms with van der Waals surface area (Å²) in [6.45, 7) is 3.53. The maximum Gasteiger partial charge on any atom is 0.416 e. The van der Waals surface area contributed by atoms with Crippen LogP contribution in [0, 0.1) is 0 Å². The molecule has 0 aliphatic rings. The van der Waals surface area contributed by atoms with E-state index in [4.69, 9.17) is 0 Å². The molecule has 1 aromatic rings. The summed E-state index contributed by atoms with van der Waals surface area (Å²) in [5.41, 5.74) is -0.601. The van der Waals surface area contributed by atoms with Gasteiger partial charge in [-0.15, -0.1) is 0 Å². The zero-order chi connectivity index (χ0) is 10.8. The second-order valence-corrected chi connectivity index (χ2v) is 2.92. The fourth-order valence-electron chi connectivity index (χ4n) is 1.26. The van der Waals surface area contributed by atoms with Gasteiger partial charge in [0, 0.05) is 0 Å². The van der Waals surface area contributed by atoms with Crippen LogP contribution in [0.1, 0.15) is 19.4 Å². The van der Waals surface area contributed by atoms with Crippen molar-refractivity contribution >= 4 is 12.2 Å². The van der Waals surface area contributed by atoms with Crippen molar-refractivity contribution in [2.24, 2.45) is 0 Å². The molecule has 0 heterocycles. The monoisotopic (exact) mass is 200 g/mol. The third-order valence-corrected chi connectivity index (χ3v) is 2.04. The SMILES string of the molecule is C/C=c1/ccc(C(F)(F)F)c/c1=C/C. The second-order valence-electron chi connectivity index (χ2n) is 2.92. The van der Waals surface area contributed by atoms with Gasteiger partial charge in [-0.25, -0.2) is 0 Å². The van der Waals surface area contributed by atoms with E-state index in [9.17, 15) is 13.2 Å². The number of halogens is 3. The van der Waals surface area contributed by atoms with E-state index in [1.165, 1.54) is 6.07 Å². The van der Waals surface area contributed by atoms with E-state index in [1.54, 1.807) is 26.0 Å². The van der Waals surface area contributed by atoms with Gasteiger partial charge < -0.3 is 0 Å². The zero-order valence-corrected chi connectivity index (χ0v) is 8.02. The summed E-state index contributed by atoms with van der Waals surface area (Å²) in [5.74, 6) is 0. The number of hydrogen-bond donors (Lipinski definition) is 0. The molecule has 0 saturated carbocycles. The van der Waals surface area contributed by atoms with Crippen LogP contribution in [0.2, 0.25) is 0 Å². The Hall–Kier alpha value is -1.25. The van der Waals surface area contributed by atoms with Crippen LogP contribution in [0.4, 0.5) is 13.2 Å². The zero-order valence-electron chi connectivity index (χ0n) is 8.02. The van der Waals surface area contributed by atoms with Gasteiger partial charge in [0.25, 0.3) is 0 Å². The van der Waals surface area contributed by atoms with Crippen LogP contribution in [-0.2, 0) is 6.18 Å². The summed E-state index contributed by atoms with van der Waals surface area (Å²) in [5, 5.41) is 1.43. The van der Waals surface area contributed by atoms with E-state index in [2.05, 4.69) is 0 Å². The lowest BCUT2D eigenvalue weighted by Gasteiger charge is -2.05. The Labute approximate surface area is 80.4 Å². The van der Waals surface area contributed by atoms with Crippen molar-refractivity contribution in [1.29, 1.82) is 0 Å². The highest BCUT2D eigenvalue weighted by Crippen LogP contribution is 2.27. The molecular weight excluding hydrogens is 189 g/mol. The summed E-state index contributed by atoms with van der Waals surface area (Å²) in [6.07, 6.45) is -0.801. The highest BCUT2D eigenvalue weighted by molar-refractivity contribution is 5.32. The molecule has 0 aliphatic heterocycles. The predicted molar refractivity (Wildman–Crippen MR) is 51.0 cm³/mol. The molecule has 0 N–H and O–H groups in total. The van der Waals surface area contributed by atoms with Gasteiger partial charge in [0.2, 0.25) is 0 Å². The predicted octanol–water partition coefficient (Wildman–Crippen LogP) is 2.31. The average molecular weight is 200 g/mol. The summed E-state index contributed by atoms with van der Waals surface area (Å²) >= 11 is 0. The fraction of sp³-hybridized carbons (Fsp3) is 0.273. The highest BCUT2D eigenvalue weighted by Gasteiger charge is 2.29. The molecule has 0 aromatic heterocycles. The maximum absolute atomic E-state index is 12.3. The Morgan fingerprint density at radius 1 is 1.00 bits per heavy atom. The summed E-state index contributed by atoms with van der Waals surface area (Å²) in [6, 6.07) is 3.75. The van der Waals surface area contributed by atoms with E-state index < -0.39 is 11.7 Å². The van der Waals surface area contributed by atoms with Crippen LogP contribution in [0.5, 0.6) is 0 Å². The van der Waals surface area contributed by atoms with Crippen LogP contribution < -0.4 is 10.4 Å². The molecule has 0 bridgehead atoms. The van der Waals surface area contributed by atoms with Gasteiger partial charge in [0.1, 0.15) is 0 Å². The third-order valence-electron chi connectivity index (χ3n) is 2.04. The molecule has 0 aliphatic carbocycles. The second kappa shape index (κ2) is 3.86. The molecule has 76 valence electrons. The minimum atomic E-state index is -4.26. The van der Waals surface area contributed by atoms with E-state index in [-0.39, 0.29) is 0 Å². The van der Waals surface area contributed by atoms with Crippen LogP contribution >= 0.6 is 0 Å². The lowest BCUT2D eigenvalue weighted by Crippen LogP contribution is -2.25. The smallest absolute Gasteiger partial charge is 0.166 e. The normalized spacial score (nSPS) is 14.9. The molecule has 0 saturated heterocycles. The lowest BCUT2D eigenvalue weighted by molar-refractivity contribution is -0.137. The Morgan fingerprint density at radius 2 is 1.57 bits per heavy atom. The van der Waals surface area contributed by atoms with Gasteiger partial charge in [0.05, 0.1) is 5.56 Å². The van der Waals surface area contributed by atoms with Crippen molar-refractivity contribution in [1.82, 2.24) is 0 Å². The van der Waals surface area contributed by atoms with Gasteiger partial charge in [-0.3, -0.25) is 0 Å². The molecule has 0 atom stereocenters. The highest BCUT2D eigenvalue weighted by atomic mass is 19.4. The summed E-state index contributed by atoms with van der Waals surface area (Å²) < 4.78 is 36.9. The molecule has 0 spiro atoms. The number of rotatable bonds is 0. The van der Waals surface area contributed by atoms with Crippen LogP contribution in [0.15, 0.2) is 18.2 Å². The lowest BCUT2D eigenvalue weighted by atomic mass is 10.1. The van der Waals surface area contributed by atoms with Crippen LogP contribution in [-0.4, -0.2) is 0 Å². The molecule has 0 fully saturated rings. The molecule has 0 radical (unpaired) electrons. The minimum absolute atomic E-state index is 0.601. The first-order chi connectivity index (χ1) is 6.49. The van der Waals surface area contributed by atoms with E-state index in [0.29, 0.717) is 5.22 Å². The summed E-state index contributed by atoms with van der Waals surface area (Å²) in [7, 11) is 0. The van der Waals surface area contributed by atoms with Gasteiger partial charge in [-0.1, -0.05) is 18.2 Å². The first-order valence-corrected chi connectivity index (χ1v) is 4.29. The van der Waals surface area contributed by atoms with Crippen molar-refractivity contribution in [2.45, 2.75) is 20.0 Å². The minimum Gasteiger partial charge on any atom is -0.166 e. The van der Waals surface area contributed by atoms with Crippen molar-refractivity contribution in [2.75, 3.05) is 0 Å². The van der Waals surface area contributed by atoms with Gasteiger partial charge in [-0.2, -0.15) is 13.2 Å². The van der Waals surface area contributed by atoms with Crippen molar-refractivity contribution in [3.63, 3.8) is 0 Å². The fourth-order valence-corrected chi connectivity index (χ4v) is 1.26. The van der Waals surface area contributed by atoms with Crippen molar-refractivity contribution in [3.05, 3.63) is 34.2 Å². The van der Waals surface area contributed by atoms with Gasteiger partial charge >= 0.3 is 6.18 Å². The van der Waals surface area contributed by atoms with Gasteiger partial charge in [-0.05, 0) is 36.4 Å². The van der Waals surface area contributed by atoms with Crippen LogP contribution in [0.3, 0.4) is 0 Å².